The maximum atomic E-state index is 13.1. The van der Waals surface area contributed by atoms with Crippen molar-refractivity contribution in [3.05, 3.63) is 111 Å². The Morgan fingerprint density at radius 1 is 1.03 bits per heavy atom. The fourth-order valence-corrected chi connectivity index (χ4v) is 5.73. The maximum absolute atomic E-state index is 13.1. The molecule has 2 heterocycles. The number of carbonyl (C=O) groups is 1. The molecule has 0 radical (unpaired) electrons. The number of benzene rings is 3. The first-order valence-electron chi connectivity index (χ1n) is 11.4. The molecule has 2 aliphatic heterocycles. The Morgan fingerprint density at radius 3 is 2.51 bits per heavy atom. The molecule has 0 saturated carbocycles. The Morgan fingerprint density at radius 2 is 1.77 bits per heavy atom. The van der Waals surface area contributed by atoms with E-state index in [1.807, 2.05) is 66.7 Å². The lowest BCUT2D eigenvalue weighted by Crippen LogP contribution is -2.46. The summed E-state index contributed by atoms with van der Waals surface area (Å²) in [6, 6.07) is 27.9. The highest BCUT2D eigenvalue weighted by Gasteiger charge is 2.38. The molecule has 0 unspecified atom stereocenters. The molecule has 1 atom stereocenters. The minimum atomic E-state index is -0.246. The summed E-state index contributed by atoms with van der Waals surface area (Å²) in [5.41, 5.74) is 3.74. The number of fused-ring (bicyclic) bond motifs is 1. The molecular weight excluding hydrogens is 478 g/mol. The Bertz CT molecular complexity index is 1290. The van der Waals surface area contributed by atoms with Crippen LogP contribution in [0.1, 0.15) is 29.0 Å². The van der Waals surface area contributed by atoms with E-state index in [0.29, 0.717) is 29.6 Å². The van der Waals surface area contributed by atoms with Crippen molar-refractivity contribution < 1.29 is 9.53 Å². The zero-order chi connectivity index (χ0) is 24.2. The molecular formula is C28H24ClN3O2S. The molecule has 0 aliphatic carbocycles. The van der Waals surface area contributed by atoms with Crippen molar-refractivity contribution >= 4 is 29.3 Å². The fraction of sp³-hybridized carbons (Fsp3) is 0.214. The molecule has 2 aliphatic rings. The Kier molecular flexibility index (Phi) is 7.10. The normalized spacial score (nSPS) is 18.2. The number of hydrogen-bond acceptors (Lipinski definition) is 5. The van der Waals surface area contributed by atoms with Gasteiger partial charge in [0.05, 0.1) is 29.2 Å². The van der Waals surface area contributed by atoms with Gasteiger partial charge in [-0.2, -0.15) is 5.26 Å². The topological polar surface area (TPSA) is 56.6 Å². The van der Waals surface area contributed by atoms with Crippen molar-refractivity contribution in [3.63, 3.8) is 0 Å². The number of ether oxygens (including phenoxy) is 1. The highest BCUT2D eigenvalue weighted by Crippen LogP contribution is 2.43. The number of hydrogen-bond donors (Lipinski definition) is 0. The Hall–Kier alpha value is -3.24. The van der Waals surface area contributed by atoms with Gasteiger partial charge in [0.1, 0.15) is 12.4 Å². The van der Waals surface area contributed by atoms with Crippen LogP contribution in [0.25, 0.3) is 0 Å². The van der Waals surface area contributed by atoms with Crippen molar-refractivity contribution in [1.82, 2.24) is 9.80 Å². The van der Waals surface area contributed by atoms with Crippen LogP contribution in [0, 0.1) is 11.3 Å². The van der Waals surface area contributed by atoms with Crippen LogP contribution in [0.15, 0.2) is 89.5 Å². The summed E-state index contributed by atoms with van der Waals surface area (Å²) in [6.07, 6.45) is 0.284. The second kappa shape index (κ2) is 10.6. The first-order valence-corrected chi connectivity index (χ1v) is 12.8. The van der Waals surface area contributed by atoms with Crippen molar-refractivity contribution in [3.8, 4) is 11.8 Å². The van der Waals surface area contributed by atoms with Crippen LogP contribution in [0.2, 0.25) is 5.02 Å². The van der Waals surface area contributed by atoms with Gasteiger partial charge in [0.2, 0.25) is 5.91 Å². The van der Waals surface area contributed by atoms with Crippen molar-refractivity contribution in [1.29, 1.82) is 5.26 Å². The number of thioether (sulfide) groups is 1. The lowest BCUT2D eigenvalue weighted by molar-refractivity contribution is -0.131. The first kappa shape index (κ1) is 23.5. The summed E-state index contributed by atoms with van der Waals surface area (Å²) in [6.45, 7) is 1.65. The van der Waals surface area contributed by atoms with Crippen LogP contribution in [0.4, 0.5) is 0 Å². The molecule has 1 saturated heterocycles. The molecule has 0 spiro atoms. The van der Waals surface area contributed by atoms with E-state index in [0.717, 1.165) is 28.6 Å². The van der Waals surface area contributed by atoms with Gasteiger partial charge >= 0.3 is 0 Å². The quantitative estimate of drug-likeness (QED) is 0.406. The zero-order valence-corrected chi connectivity index (χ0v) is 20.6. The van der Waals surface area contributed by atoms with E-state index < -0.39 is 0 Å². The van der Waals surface area contributed by atoms with Crippen molar-refractivity contribution in [2.75, 3.05) is 12.5 Å². The second-order valence-electron chi connectivity index (χ2n) is 8.59. The van der Waals surface area contributed by atoms with E-state index in [2.05, 4.69) is 23.1 Å². The number of allylic oxidation sites excluding steroid dienone is 1. The maximum Gasteiger partial charge on any atom is 0.229 e. The number of nitrogens with zero attached hydrogens (tertiary/aromatic N) is 3. The molecule has 5 nitrogen and oxygen atoms in total. The largest absolute Gasteiger partial charge is 0.489 e. The lowest BCUT2D eigenvalue weighted by Gasteiger charge is -2.41. The Labute approximate surface area is 214 Å². The third-order valence-electron chi connectivity index (χ3n) is 6.23. The average molecular weight is 502 g/mol. The van der Waals surface area contributed by atoms with Gasteiger partial charge in [-0.3, -0.25) is 14.6 Å². The number of halogens is 1. The number of carbonyl (C=O) groups excluding carboxylic acids is 1. The van der Waals surface area contributed by atoms with Gasteiger partial charge in [0.25, 0.3) is 0 Å². The molecule has 3 aromatic carbocycles. The zero-order valence-electron chi connectivity index (χ0n) is 19.1. The number of rotatable bonds is 6. The molecule has 0 N–H and O–H groups in total. The lowest BCUT2D eigenvalue weighted by atomic mass is 9.86. The molecule has 1 fully saturated rings. The smallest absolute Gasteiger partial charge is 0.229 e. The van der Waals surface area contributed by atoms with E-state index in [-0.39, 0.29) is 18.2 Å². The highest BCUT2D eigenvalue weighted by atomic mass is 35.5. The van der Waals surface area contributed by atoms with Crippen LogP contribution >= 0.6 is 23.4 Å². The average Bonchev–Trinajstić information content (AvgIpc) is 2.89. The standard InChI is InChI=1S/C28H24ClN3O2S/c29-26-9-5-4-8-22(26)17-34-23-12-10-21(11-13-23)24-14-27(33)32-18-31(16-20-6-2-1-3-7-20)19-35-28(32)25(24)15-30/h1-13,24H,14,16-19H2/t24-/m1/s1. The highest BCUT2D eigenvalue weighted by molar-refractivity contribution is 8.03. The summed E-state index contributed by atoms with van der Waals surface area (Å²) in [5.74, 6) is 1.26. The third kappa shape index (κ3) is 5.23. The van der Waals surface area contributed by atoms with Crippen LogP contribution < -0.4 is 4.74 Å². The molecule has 7 heteroatoms. The molecule has 0 aromatic heterocycles. The minimum absolute atomic E-state index is 0.0494. The summed E-state index contributed by atoms with van der Waals surface area (Å²) in [5, 5.41) is 11.5. The van der Waals surface area contributed by atoms with Crippen LogP contribution in [0.5, 0.6) is 5.75 Å². The van der Waals surface area contributed by atoms with E-state index in [1.54, 1.807) is 16.7 Å². The summed E-state index contributed by atoms with van der Waals surface area (Å²) in [7, 11) is 0. The predicted molar refractivity (Wildman–Crippen MR) is 138 cm³/mol. The van der Waals surface area contributed by atoms with Gasteiger partial charge in [-0.05, 0) is 29.3 Å². The van der Waals surface area contributed by atoms with E-state index in [1.165, 1.54) is 5.56 Å². The van der Waals surface area contributed by atoms with Gasteiger partial charge in [-0.25, -0.2) is 0 Å². The van der Waals surface area contributed by atoms with E-state index in [4.69, 9.17) is 16.3 Å². The summed E-state index contributed by atoms with van der Waals surface area (Å²) >= 11 is 7.78. The number of nitriles is 1. The summed E-state index contributed by atoms with van der Waals surface area (Å²) in [4.78, 5) is 17.1. The van der Waals surface area contributed by atoms with Crippen molar-refractivity contribution in [2.45, 2.75) is 25.5 Å². The van der Waals surface area contributed by atoms with Gasteiger partial charge in [-0.1, -0.05) is 84.0 Å². The second-order valence-corrected chi connectivity index (χ2v) is 9.93. The van der Waals surface area contributed by atoms with Gasteiger partial charge < -0.3 is 4.74 Å². The third-order valence-corrected chi connectivity index (χ3v) is 7.81. The van der Waals surface area contributed by atoms with E-state index in [9.17, 15) is 10.1 Å². The van der Waals surface area contributed by atoms with Crippen LogP contribution in [-0.2, 0) is 17.9 Å². The van der Waals surface area contributed by atoms with Gasteiger partial charge in [0.15, 0.2) is 0 Å². The molecule has 176 valence electrons. The first-order chi connectivity index (χ1) is 17.1. The van der Waals surface area contributed by atoms with Crippen LogP contribution in [0.3, 0.4) is 0 Å². The van der Waals surface area contributed by atoms with Gasteiger partial charge in [-0.15, -0.1) is 0 Å². The molecule has 0 bridgehead atoms. The van der Waals surface area contributed by atoms with Crippen LogP contribution in [-0.4, -0.2) is 28.3 Å². The Balaban J connectivity index is 1.29. The van der Waals surface area contributed by atoms with E-state index >= 15 is 0 Å². The fourth-order valence-electron chi connectivity index (χ4n) is 4.41. The number of amides is 1. The summed E-state index contributed by atoms with van der Waals surface area (Å²) < 4.78 is 5.89. The minimum Gasteiger partial charge on any atom is -0.489 e. The SMILES string of the molecule is N#CC1=C2SCN(Cc3ccccc3)CN2C(=O)C[C@@H]1c1ccc(OCc2ccccc2Cl)cc1. The predicted octanol–water partition coefficient (Wildman–Crippen LogP) is 6.13. The molecule has 3 aromatic rings. The monoisotopic (exact) mass is 501 g/mol. The van der Waals surface area contributed by atoms with Crippen molar-refractivity contribution in [2.24, 2.45) is 0 Å². The van der Waals surface area contributed by atoms with Gasteiger partial charge in [0, 0.05) is 29.5 Å². The molecule has 5 rings (SSSR count). The molecule has 1 amide bonds. The molecule has 35 heavy (non-hydrogen) atoms.